The predicted molar refractivity (Wildman–Crippen MR) is 94.0 cm³/mol. The van der Waals surface area contributed by atoms with Gasteiger partial charge in [0.25, 0.3) is 0 Å². The predicted octanol–water partition coefficient (Wildman–Crippen LogP) is 4.13. The zero-order valence-corrected chi connectivity index (χ0v) is 15.1. The van der Waals surface area contributed by atoms with Crippen LogP contribution in [0.1, 0.15) is 24.2 Å². The standard InChI is InChI=1S/C16H19Br2N3/c1-2-21(11-13-5-3-4-8-20-13)16(10-19)12-6-7-14(17)15(18)9-12/h3-9,16H,2,10-11,19H2,1H3. The number of rotatable bonds is 6. The van der Waals surface area contributed by atoms with Gasteiger partial charge in [-0.15, -0.1) is 0 Å². The molecule has 0 aliphatic carbocycles. The highest BCUT2D eigenvalue weighted by atomic mass is 79.9. The topological polar surface area (TPSA) is 42.2 Å². The molecule has 0 saturated heterocycles. The van der Waals surface area contributed by atoms with Crippen molar-refractivity contribution in [3.8, 4) is 0 Å². The van der Waals surface area contributed by atoms with Gasteiger partial charge < -0.3 is 5.73 Å². The summed E-state index contributed by atoms with van der Waals surface area (Å²) in [5.74, 6) is 0. The van der Waals surface area contributed by atoms with E-state index in [0.717, 1.165) is 27.7 Å². The Balaban J connectivity index is 2.22. The van der Waals surface area contributed by atoms with E-state index in [9.17, 15) is 0 Å². The third-order valence-electron chi connectivity index (χ3n) is 3.49. The molecule has 1 unspecified atom stereocenters. The summed E-state index contributed by atoms with van der Waals surface area (Å²) < 4.78 is 2.10. The number of nitrogens with zero attached hydrogens (tertiary/aromatic N) is 2. The number of aromatic nitrogens is 1. The molecule has 1 aromatic heterocycles. The maximum absolute atomic E-state index is 6.03. The Morgan fingerprint density at radius 3 is 2.57 bits per heavy atom. The van der Waals surface area contributed by atoms with E-state index in [0.29, 0.717) is 6.54 Å². The highest BCUT2D eigenvalue weighted by Gasteiger charge is 2.19. The van der Waals surface area contributed by atoms with Crippen LogP contribution in [0.5, 0.6) is 0 Å². The van der Waals surface area contributed by atoms with Crippen molar-refractivity contribution in [2.45, 2.75) is 19.5 Å². The van der Waals surface area contributed by atoms with Crippen LogP contribution in [-0.4, -0.2) is 23.0 Å². The van der Waals surface area contributed by atoms with Gasteiger partial charge in [0.2, 0.25) is 0 Å². The first kappa shape index (κ1) is 16.6. The molecule has 0 aliphatic rings. The third-order valence-corrected chi connectivity index (χ3v) is 5.37. The maximum Gasteiger partial charge on any atom is 0.0544 e. The Morgan fingerprint density at radius 1 is 1.19 bits per heavy atom. The van der Waals surface area contributed by atoms with Gasteiger partial charge >= 0.3 is 0 Å². The summed E-state index contributed by atoms with van der Waals surface area (Å²) in [5.41, 5.74) is 8.31. The first-order chi connectivity index (χ1) is 10.2. The molecule has 1 atom stereocenters. The smallest absolute Gasteiger partial charge is 0.0544 e. The minimum absolute atomic E-state index is 0.182. The van der Waals surface area contributed by atoms with Gasteiger partial charge in [-0.25, -0.2) is 0 Å². The van der Waals surface area contributed by atoms with E-state index >= 15 is 0 Å². The molecule has 0 saturated carbocycles. The number of benzene rings is 1. The number of halogens is 2. The highest BCUT2D eigenvalue weighted by Crippen LogP contribution is 2.29. The van der Waals surface area contributed by atoms with E-state index in [-0.39, 0.29) is 6.04 Å². The molecular formula is C16H19Br2N3. The van der Waals surface area contributed by atoms with Gasteiger partial charge in [0.15, 0.2) is 0 Å². The summed E-state index contributed by atoms with van der Waals surface area (Å²) in [5, 5.41) is 0. The average Bonchev–Trinajstić information content (AvgIpc) is 2.51. The zero-order chi connectivity index (χ0) is 15.2. The van der Waals surface area contributed by atoms with Crippen molar-refractivity contribution in [2.24, 2.45) is 5.73 Å². The molecule has 1 aromatic carbocycles. The van der Waals surface area contributed by atoms with Gasteiger partial charge in [0.1, 0.15) is 0 Å². The molecule has 0 aliphatic heterocycles. The van der Waals surface area contributed by atoms with Crippen LogP contribution in [0, 0.1) is 0 Å². The lowest BCUT2D eigenvalue weighted by Gasteiger charge is -2.30. The fourth-order valence-electron chi connectivity index (χ4n) is 2.36. The lowest BCUT2D eigenvalue weighted by molar-refractivity contribution is 0.201. The quantitative estimate of drug-likeness (QED) is 0.775. The molecular weight excluding hydrogens is 394 g/mol. The molecule has 21 heavy (non-hydrogen) atoms. The third kappa shape index (κ3) is 4.36. The lowest BCUT2D eigenvalue weighted by atomic mass is 10.1. The number of pyridine rings is 1. The highest BCUT2D eigenvalue weighted by molar-refractivity contribution is 9.13. The molecule has 0 radical (unpaired) electrons. The SMILES string of the molecule is CCN(Cc1ccccn1)C(CN)c1ccc(Br)c(Br)c1. The van der Waals surface area contributed by atoms with Crippen molar-refractivity contribution >= 4 is 31.9 Å². The average molecular weight is 413 g/mol. The summed E-state index contributed by atoms with van der Waals surface area (Å²) in [4.78, 5) is 6.75. The molecule has 2 aromatic rings. The molecule has 3 nitrogen and oxygen atoms in total. The molecule has 0 amide bonds. The number of nitrogens with two attached hydrogens (primary N) is 1. The Kier molecular flexibility index (Phi) is 6.36. The van der Waals surface area contributed by atoms with E-state index in [1.54, 1.807) is 0 Å². The van der Waals surface area contributed by atoms with Gasteiger partial charge in [-0.1, -0.05) is 19.1 Å². The normalized spacial score (nSPS) is 12.6. The van der Waals surface area contributed by atoms with Crippen LogP contribution in [-0.2, 0) is 6.54 Å². The van der Waals surface area contributed by atoms with Crippen LogP contribution in [0.2, 0.25) is 0 Å². The largest absolute Gasteiger partial charge is 0.329 e. The number of hydrogen-bond acceptors (Lipinski definition) is 3. The minimum atomic E-state index is 0.182. The number of likely N-dealkylation sites (N-methyl/N-ethyl adjacent to an activating group) is 1. The van der Waals surface area contributed by atoms with Crippen LogP contribution >= 0.6 is 31.9 Å². The summed E-state index contributed by atoms with van der Waals surface area (Å²) >= 11 is 7.07. The van der Waals surface area contributed by atoms with Crippen molar-refractivity contribution in [1.29, 1.82) is 0 Å². The van der Waals surface area contributed by atoms with Crippen molar-refractivity contribution in [1.82, 2.24) is 9.88 Å². The van der Waals surface area contributed by atoms with E-state index < -0.39 is 0 Å². The molecule has 112 valence electrons. The molecule has 5 heteroatoms. The second-order valence-electron chi connectivity index (χ2n) is 4.81. The summed E-state index contributed by atoms with van der Waals surface area (Å²) in [6, 6.07) is 12.5. The van der Waals surface area contributed by atoms with Gasteiger partial charge in [-0.05, 0) is 68.2 Å². The van der Waals surface area contributed by atoms with Crippen molar-refractivity contribution < 1.29 is 0 Å². The second-order valence-corrected chi connectivity index (χ2v) is 6.52. The minimum Gasteiger partial charge on any atom is -0.329 e. The molecule has 0 fully saturated rings. The van der Waals surface area contributed by atoms with E-state index in [1.165, 1.54) is 5.56 Å². The zero-order valence-electron chi connectivity index (χ0n) is 12.0. The fraction of sp³-hybridized carbons (Fsp3) is 0.312. The van der Waals surface area contributed by atoms with Crippen LogP contribution < -0.4 is 5.73 Å². The molecule has 2 rings (SSSR count). The van der Waals surface area contributed by atoms with Crippen LogP contribution in [0.25, 0.3) is 0 Å². The Hall–Kier alpha value is -0.750. The van der Waals surface area contributed by atoms with Gasteiger partial charge in [-0.3, -0.25) is 9.88 Å². The Bertz CT molecular complexity index is 575. The first-order valence-electron chi connectivity index (χ1n) is 6.94. The van der Waals surface area contributed by atoms with Crippen molar-refractivity contribution in [2.75, 3.05) is 13.1 Å². The first-order valence-corrected chi connectivity index (χ1v) is 8.53. The van der Waals surface area contributed by atoms with Gasteiger partial charge in [-0.2, -0.15) is 0 Å². The van der Waals surface area contributed by atoms with Gasteiger partial charge in [0.05, 0.1) is 5.69 Å². The summed E-state index contributed by atoms with van der Waals surface area (Å²) in [6.45, 7) is 4.45. The maximum atomic E-state index is 6.03. The van der Waals surface area contributed by atoms with Crippen LogP contribution in [0.4, 0.5) is 0 Å². The van der Waals surface area contributed by atoms with Gasteiger partial charge in [0, 0.05) is 34.3 Å². The second kappa shape index (κ2) is 8.03. The van der Waals surface area contributed by atoms with Crippen LogP contribution in [0.3, 0.4) is 0 Å². The monoisotopic (exact) mass is 411 g/mol. The van der Waals surface area contributed by atoms with E-state index in [4.69, 9.17) is 5.73 Å². The van der Waals surface area contributed by atoms with Crippen molar-refractivity contribution in [3.05, 3.63) is 62.8 Å². The molecule has 2 N–H and O–H groups in total. The number of hydrogen-bond donors (Lipinski definition) is 1. The lowest BCUT2D eigenvalue weighted by Crippen LogP contribution is -2.33. The summed E-state index contributed by atoms with van der Waals surface area (Å²) in [6.07, 6.45) is 1.83. The Labute approximate surface area is 142 Å². The Morgan fingerprint density at radius 2 is 2.00 bits per heavy atom. The fourth-order valence-corrected chi connectivity index (χ4v) is 3.00. The van der Waals surface area contributed by atoms with Crippen molar-refractivity contribution in [3.63, 3.8) is 0 Å². The summed E-state index contributed by atoms with van der Waals surface area (Å²) in [7, 11) is 0. The molecule has 0 spiro atoms. The molecule has 1 heterocycles. The van der Waals surface area contributed by atoms with E-state index in [2.05, 4.69) is 66.9 Å². The van der Waals surface area contributed by atoms with E-state index in [1.807, 2.05) is 24.4 Å². The van der Waals surface area contributed by atoms with Crippen LogP contribution in [0.15, 0.2) is 51.5 Å². The molecule has 0 bridgehead atoms.